The van der Waals surface area contributed by atoms with E-state index in [1.165, 1.54) is 7.11 Å². The van der Waals surface area contributed by atoms with Gasteiger partial charge in [0.2, 0.25) is 0 Å². The highest BCUT2D eigenvalue weighted by molar-refractivity contribution is 7.78. The van der Waals surface area contributed by atoms with Crippen LogP contribution in [0.15, 0.2) is 4.99 Å². The smallest absolute Gasteiger partial charge is 0.331 e. The summed E-state index contributed by atoms with van der Waals surface area (Å²) in [7, 11) is 1.40. The summed E-state index contributed by atoms with van der Waals surface area (Å²) < 4.78 is 4.56. The van der Waals surface area contributed by atoms with E-state index in [0.717, 1.165) is 0 Å². The molecular weight excluding hydrogens is 154 g/mol. The third kappa shape index (κ3) is 3.29. The molecule has 4 nitrogen and oxygen atoms in total. The standard InChI is InChI=1S/C5H7NO3S/c1-9-2-4(5(7)8)6-3-10/h4H,2H2,1H3,(H,7,8). The first-order chi connectivity index (χ1) is 4.72. The Bertz CT molecular complexity index is 162. The number of carboxylic acid groups (broad SMARTS) is 1. The first-order valence-electron chi connectivity index (χ1n) is 2.51. The van der Waals surface area contributed by atoms with Crippen LogP contribution < -0.4 is 0 Å². The maximum atomic E-state index is 10.2. The molecule has 0 radical (unpaired) electrons. The number of carboxylic acids is 1. The molecule has 10 heavy (non-hydrogen) atoms. The molecule has 0 aliphatic rings. The minimum Gasteiger partial charge on any atom is -0.480 e. The number of isothiocyanates is 1. The summed E-state index contributed by atoms with van der Waals surface area (Å²) in [6, 6.07) is -0.914. The number of nitrogens with zero attached hydrogens (tertiary/aromatic N) is 1. The minimum atomic E-state index is -1.06. The van der Waals surface area contributed by atoms with Crippen molar-refractivity contribution in [1.82, 2.24) is 0 Å². The number of ether oxygens (including phenoxy) is 1. The Morgan fingerprint density at radius 3 is 2.90 bits per heavy atom. The van der Waals surface area contributed by atoms with Crippen molar-refractivity contribution in [2.45, 2.75) is 6.04 Å². The molecule has 0 aromatic heterocycles. The third-order valence-corrected chi connectivity index (χ3v) is 0.924. The average molecular weight is 161 g/mol. The zero-order valence-corrected chi connectivity index (χ0v) is 6.22. The second kappa shape index (κ2) is 5.05. The van der Waals surface area contributed by atoms with Gasteiger partial charge in [0.1, 0.15) is 0 Å². The zero-order chi connectivity index (χ0) is 7.98. The first-order valence-corrected chi connectivity index (χ1v) is 2.92. The molecule has 0 aliphatic heterocycles. The summed E-state index contributed by atoms with van der Waals surface area (Å²) in [6.45, 7) is 0.0268. The van der Waals surface area contributed by atoms with Crippen molar-refractivity contribution in [2.24, 2.45) is 4.99 Å². The Hall–Kier alpha value is -0.770. The van der Waals surface area contributed by atoms with Gasteiger partial charge in [-0.15, -0.1) is 0 Å². The van der Waals surface area contributed by atoms with E-state index in [2.05, 4.69) is 21.9 Å². The van der Waals surface area contributed by atoms with E-state index >= 15 is 0 Å². The maximum Gasteiger partial charge on any atom is 0.331 e. The van der Waals surface area contributed by atoms with Crippen LogP contribution in [0.4, 0.5) is 0 Å². The molecule has 0 aromatic rings. The van der Waals surface area contributed by atoms with Crippen LogP contribution in [0.1, 0.15) is 0 Å². The van der Waals surface area contributed by atoms with Gasteiger partial charge in [-0.3, -0.25) is 0 Å². The molecule has 0 saturated heterocycles. The second-order valence-electron chi connectivity index (χ2n) is 1.53. The molecule has 1 N–H and O–H groups in total. The number of carbonyl (C=O) groups is 1. The molecule has 0 fully saturated rings. The molecule has 1 atom stereocenters. The minimum absolute atomic E-state index is 0.0268. The molecule has 56 valence electrons. The van der Waals surface area contributed by atoms with Crippen LogP contribution in [0.2, 0.25) is 0 Å². The van der Waals surface area contributed by atoms with Crippen LogP contribution in [-0.4, -0.2) is 36.0 Å². The van der Waals surface area contributed by atoms with E-state index in [0.29, 0.717) is 0 Å². The predicted molar refractivity (Wildman–Crippen MR) is 38.3 cm³/mol. The molecule has 0 spiro atoms. The lowest BCUT2D eigenvalue weighted by Crippen LogP contribution is -2.22. The van der Waals surface area contributed by atoms with Gasteiger partial charge < -0.3 is 9.84 Å². The highest BCUT2D eigenvalue weighted by Gasteiger charge is 2.14. The number of aliphatic imine (C=N–C) groups is 1. The fourth-order valence-electron chi connectivity index (χ4n) is 0.385. The van der Waals surface area contributed by atoms with Crippen LogP contribution >= 0.6 is 12.2 Å². The SMILES string of the molecule is COCC(N=C=S)C(=O)O. The monoisotopic (exact) mass is 161 g/mol. The summed E-state index contributed by atoms with van der Waals surface area (Å²) in [4.78, 5) is 13.6. The third-order valence-electron chi connectivity index (χ3n) is 0.818. The van der Waals surface area contributed by atoms with Crippen molar-refractivity contribution < 1.29 is 14.6 Å². The zero-order valence-electron chi connectivity index (χ0n) is 5.40. The predicted octanol–water partition coefficient (Wildman–Crippen LogP) is 0.189. The molecule has 0 aliphatic carbocycles. The Morgan fingerprint density at radius 2 is 2.60 bits per heavy atom. The fraction of sp³-hybridized carbons (Fsp3) is 0.600. The van der Waals surface area contributed by atoms with Gasteiger partial charge in [-0.25, -0.2) is 9.79 Å². The summed E-state index contributed by atoms with van der Waals surface area (Å²) in [5.41, 5.74) is 0. The molecule has 0 heterocycles. The van der Waals surface area contributed by atoms with Crippen molar-refractivity contribution in [3.63, 3.8) is 0 Å². The highest BCUT2D eigenvalue weighted by Crippen LogP contribution is 1.89. The van der Waals surface area contributed by atoms with Gasteiger partial charge in [0.25, 0.3) is 0 Å². The van der Waals surface area contributed by atoms with Crippen LogP contribution in [0.5, 0.6) is 0 Å². The van der Waals surface area contributed by atoms with Gasteiger partial charge in [0.15, 0.2) is 6.04 Å². The second-order valence-corrected chi connectivity index (χ2v) is 1.71. The van der Waals surface area contributed by atoms with Crippen LogP contribution in [0.3, 0.4) is 0 Å². The largest absolute Gasteiger partial charge is 0.480 e. The number of thiocarbonyl (C=S) groups is 1. The van der Waals surface area contributed by atoms with Crippen molar-refractivity contribution >= 4 is 23.3 Å². The van der Waals surface area contributed by atoms with E-state index in [-0.39, 0.29) is 6.61 Å². The van der Waals surface area contributed by atoms with Crippen molar-refractivity contribution in [2.75, 3.05) is 13.7 Å². The van der Waals surface area contributed by atoms with E-state index in [1.807, 2.05) is 5.16 Å². The van der Waals surface area contributed by atoms with E-state index in [4.69, 9.17) is 5.11 Å². The van der Waals surface area contributed by atoms with Crippen molar-refractivity contribution in [3.8, 4) is 0 Å². The Morgan fingerprint density at radius 1 is 2.00 bits per heavy atom. The fourth-order valence-corrected chi connectivity index (χ4v) is 0.513. The Balaban J connectivity index is 3.97. The lowest BCUT2D eigenvalue weighted by atomic mass is 10.3. The number of aliphatic carboxylic acids is 1. The van der Waals surface area contributed by atoms with E-state index in [1.54, 1.807) is 0 Å². The summed E-state index contributed by atoms with van der Waals surface area (Å²) in [5, 5.41) is 10.4. The van der Waals surface area contributed by atoms with Gasteiger partial charge in [-0.05, 0) is 12.2 Å². The molecule has 0 amide bonds. The van der Waals surface area contributed by atoms with Gasteiger partial charge in [-0.2, -0.15) is 0 Å². The lowest BCUT2D eigenvalue weighted by molar-refractivity contribution is -0.139. The van der Waals surface area contributed by atoms with Gasteiger partial charge in [0.05, 0.1) is 11.8 Å². The Labute approximate surface area is 63.5 Å². The lowest BCUT2D eigenvalue weighted by Gasteiger charge is -2.01. The summed E-state index contributed by atoms with van der Waals surface area (Å²) in [5.74, 6) is -1.06. The van der Waals surface area contributed by atoms with Crippen molar-refractivity contribution in [1.29, 1.82) is 0 Å². The van der Waals surface area contributed by atoms with Crippen LogP contribution in [-0.2, 0) is 9.53 Å². The number of rotatable bonds is 4. The van der Waals surface area contributed by atoms with E-state index in [9.17, 15) is 4.79 Å². The highest BCUT2D eigenvalue weighted by atomic mass is 32.1. The van der Waals surface area contributed by atoms with Gasteiger partial charge >= 0.3 is 5.97 Å². The quantitative estimate of drug-likeness (QED) is 0.472. The number of hydrogen-bond donors (Lipinski definition) is 1. The Kier molecular flexibility index (Phi) is 4.66. The summed E-state index contributed by atoms with van der Waals surface area (Å²) in [6.07, 6.45) is 0. The number of hydrogen-bond acceptors (Lipinski definition) is 4. The van der Waals surface area contributed by atoms with E-state index < -0.39 is 12.0 Å². The van der Waals surface area contributed by atoms with Gasteiger partial charge in [0, 0.05) is 7.11 Å². The normalized spacial score (nSPS) is 11.7. The molecule has 1 unspecified atom stereocenters. The average Bonchev–Trinajstić information content (AvgIpc) is 1.87. The molecular formula is C5H7NO3S. The van der Waals surface area contributed by atoms with Gasteiger partial charge in [-0.1, -0.05) is 0 Å². The molecule has 0 aromatic carbocycles. The molecule has 0 rings (SSSR count). The maximum absolute atomic E-state index is 10.2. The molecule has 0 saturated carbocycles. The first kappa shape index (κ1) is 9.23. The summed E-state index contributed by atoms with van der Waals surface area (Å²) >= 11 is 4.23. The van der Waals surface area contributed by atoms with Crippen LogP contribution in [0.25, 0.3) is 0 Å². The van der Waals surface area contributed by atoms with Crippen LogP contribution in [0, 0.1) is 0 Å². The topological polar surface area (TPSA) is 58.9 Å². The number of methoxy groups -OCH3 is 1. The molecule has 5 heteroatoms. The van der Waals surface area contributed by atoms with Crippen molar-refractivity contribution in [3.05, 3.63) is 0 Å². The molecule has 0 bridgehead atoms.